The van der Waals surface area contributed by atoms with Crippen LogP contribution in [-0.4, -0.2) is 24.6 Å². The maximum atomic E-state index is 12.6. The maximum Gasteiger partial charge on any atom is 0.408 e. The molecule has 2 N–H and O–H groups in total. The van der Waals surface area contributed by atoms with Gasteiger partial charge in [-0.15, -0.1) is 0 Å². The largest absolute Gasteiger partial charge is 0.445 e. The van der Waals surface area contributed by atoms with Crippen LogP contribution in [0.2, 0.25) is 0 Å². The Kier molecular flexibility index (Phi) is 8.36. The Morgan fingerprint density at radius 3 is 2.11 bits per heavy atom. The number of benzene rings is 2. The van der Waals surface area contributed by atoms with Crippen LogP contribution >= 0.6 is 0 Å². The van der Waals surface area contributed by atoms with Crippen LogP contribution in [0.1, 0.15) is 31.4 Å². The minimum Gasteiger partial charge on any atom is -0.445 e. The lowest BCUT2D eigenvalue weighted by Gasteiger charge is -2.19. The zero-order valence-electron chi connectivity index (χ0n) is 16.0. The molecule has 1 atom stereocenters. The topological polar surface area (TPSA) is 67.4 Å². The molecule has 2 aromatic rings. The van der Waals surface area contributed by atoms with Crippen molar-refractivity contribution in [1.29, 1.82) is 0 Å². The van der Waals surface area contributed by atoms with Crippen molar-refractivity contribution >= 4 is 12.0 Å². The molecule has 0 aliphatic carbocycles. The van der Waals surface area contributed by atoms with Gasteiger partial charge in [-0.1, -0.05) is 74.5 Å². The first-order valence-electron chi connectivity index (χ1n) is 9.33. The van der Waals surface area contributed by atoms with E-state index in [9.17, 15) is 9.59 Å². The highest BCUT2D eigenvalue weighted by atomic mass is 16.5. The van der Waals surface area contributed by atoms with E-state index >= 15 is 0 Å². The monoisotopic (exact) mass is 368 g/mol. The molecule has 0 aromatic heterocycles. The fourth-order valence-corrected chi connectivity index (χ4v) is 2.57. The lowest BCUT2D eigenvalue weighted by molar-refractivity contribution is -0.123. The normalized spacial score (nSPS) is 11.7. The number of ether oxygens (including phenoxy) is 1. The van der Waals surface area contributed by atoms with Gasteiger partial charge in [-0.25, -0.2) is 4.79 Å². The van der Waals surface area contributed by atoms with Gasteiger partial charge >= 0.3 is 6.09 Å². The number of rotatable bonds is 9. The van der Waals surface area contributed by atoms with E-state index in [0.717, 1.165) is 17.5 Å². The van der Waals surface area contributed by atoms with E-state index in [4.69, 9.17) is 4.74 Å². The third-order valence-electron chi connectivity index (χ3n) is 4.12. The summed E-state index contributed by atoms with van der Waals surface area (Å²) in [6, 6.07) is 18.4. The summed E-state index contributed by atoms with van der Waals surface area (Å²) in [7, 11) is 0. The van der Waals surface area contributed by atoms with E-state index in [0.29, 0.717) is 18.9 Å². The van der Waals surface area contributed by atoms with E-state index in [1.165, 1.54) is 0 Å². The highest BCUT2D eigenvalue weighted by Crippen LogP contribution is 2.06. The van der Waals surface area contributed by atoms with Crippen LogP contribution in [0.5, 0.6) is 0 Å². The average molecular weight is 368 g/mol. The number of alkyl carbamates (subject to hydrolysis) is 1. The highest BCUT2D eigenvalue weighted by Gasteiger charge is 2.21. The third-order valence-corrected chi connectivity index (χ3v) is 4.12. The summed E-state index contributed by atoms with van der Waals surface area (Å²) in [5, 5.41) is 5.60. The molecule has 0 saturated heterocycles. The summed E-state index contributed by atoms with van der Waals surface area (Å²) in [6.07, 6.45) is 0.704. The average Bonchev–Trinajstić information content (AvgIpc) is 2.67. The Balaban J connectivity index is 1.93. The second kappa shape index (κ2) is 11.0. The Morgan fingerprint density at radius 1 is 0.926 bits per heavy atom. The molecule has 0 spiro atoms. The lowest BCUT2D eigenvalue weighted by atomic mass is 10.1. The second-order valence-electron chi connectivity index (χ2n) is 6.92. The summed E-state index contributed by atoms with van der Waals surface area (Å²) in [5.41, 5.74) is 1.87. The molecule has 27 heavy (non-hydrogen) atoms. The van der Waals surface area contributed by atoms with Crippen LogP contribution < -0.4 is 10.6 Å². The van der Waals surface area contributed by atoms with Crippen molar-refractivity contribution in [3.8, 4) is 0 Å². The maximum absolute atomic E-state index is 12.6. The molecule has 5 nitrogen and oxygen atoms in total. The van der Waals surface area contributed by atoms with E-state index < -0.39 is 12.1 Å². The van der Waals surface area contributed by atoms with Gasteiger partial charge in [0.05, 0.1) is 0 Å². The Labute approximate surface area is 161 Å². The van der Waals surface area contributed by atoms with Gasteiger partial charge in [0.15, 0.2) is 0 Å². The Bertz CT molecular complexity index is 702. The fourth-order valence-electron chi connectivity index (χ4n) is 2.57. The first-order valence-corrected chi connectivity index (χ1v) is 9.33. The number of hydrogen-bond acceptors (Lipinski definition) is 3. The van der Waals surface area contributed by atoms with Crippen molar-refractivity contribution in [2.24, 2.45) is 5.92 Å². The summed E-state index contributed by atoms with van der Waals surface area (Å²) < 4.78 is 5.26. The van der Waals surface area contributed by atoms with Crippen molar-refractivity contribution in [2.75, 3.05) is 6.54 Å². The molecule has 1 unspecified atom stereocenters. The van der Waals surface area contributed by atoms with Gasteiger partial charge in [0.1, 0.15) is 12.6 Å². The number of carbonyl (C=O) groups excluding carboxylic acids is 2. The Hall–Kier alpha value is -2.82. The van der Waals surface area contributed by atoms with E-state index in [-0.39, 0.29) is 12.5 Å². The van der Waals surface area contributed by atoms with Gasteiger partial charge < -0.3 is 15.4 Å². The Morgan fingerprint density at radius 2 is 1.52 bits per heavy atom. The molecule has 0 bridgehead atoms. The van der Waals surface area contributed by atoms with E-state index in [1.807, 2.05) is 60.7 Å². The van der Waals surface area contributed by atoms with Crippen molar-refractivity contribution in [3.63, 3.8) is 0 Å². The van der Waals surface area contributed by atoms with Gasteiger partial charge in [0.2, 0.25) is 5.91 Å². The molecule has 0 saturated carbocycles. The molecule has 0 aliphatic rings. The summed E-state index contributed by atoms with van der Waals surface area (Å²) in [4.78, 5) is 24.7. The van der Waals surface area contributed by atoms with Crippen LogP contribution in [0.4, 0.5) is 4.79 Å². The zero-order chi connectivity index (χ0) is 19.5. The van der Waals surface area contributed by atoms with Crippen LogP contribution in [0.3, 0.4) is 0 Å². The molecular formula is C22H28N2O3. The molecule has 2 rings (SSSR count). The first-order chi connectivity index (χ1) is 13.0. The molecule has 0 radical (unpaired) electrons. The van der Waals surface area contributed by atoms with Crippen LogP contribution in [0.15, 0.2) is 60.7 Å². The molecule has 0 aliphatic heterocycles. The highest BCUT2D eigenvalue weighted by molar-refractivity contribution is 5.85. The van der Waals surface area contributed by atoms with Crippen LogP contribution in [-0.2, 0) is 22.6 Å². The van der Waals surface area contributed by atoms with Crippen molar-refractivity contribution in [3.05, 3.63) is 71.8 Å². The molecule has 0 fully saturated rings. The number of amides is 2. The molecule has 2 aromatic carbocycles. The smallest absolute Gasteiger partial charge is 0.408 e. The SMILES string of the molecule is CC(C)CCNC(=O)C(Cc1ccccc1)NC(=O)OCc1ccccc1. The van der Waals surface area contributed by atoms with E-state index in [1.54, 1.807) is 0 Å². The lowest BCUT2D eigenvalue weighted by Crippen LogP contribution is -2.48. The molecule has 0 heterocycles. The van der Waals surface area contributed by atoms with Gasteiger partial charge in [-0.05, 0) is 23.5 Å². The fraction of sp³-hybridized carbons (Fsp3) is 0.364. The summed E-state index contributed by atoms with van der Waals surface area (Å²) >= 11 is 0. The predicted molar refractivity (Wildman–Crippen MR) is 106 cm³/mol. The van der Waals surface area contributed by atoms with Gasteiger partial charge in [-0.3, -0.25) is 4.79 Å². The number of nitrogens with one attached hydrogen (secondary N) is 2. The third kappa shape index (κ3) is 7.94. The predicted octanol–water partition coefficient (Wildman–Crippen LogP) is 3.69. The molecule has 2 amide bonds. The van der Waals surface area contributed by atoms with Crippen molar-refractivity contribution in [2.45, 2.75) is 39.3 Å². The molecule has 5 heteroatoms. The van der Waals surface area contributed by atoms with Crippen LogP contribution in [0, 0.1) is 5.92 Å². The van der Waals surface area contributed by atoms with E-state index in [2.05, 4.69) is 24.5 Å². The first kappa shape index (κ1) is 20.5. The van der Waals surface area contributed by atoms with Crippen LogP contribution in [0.25, 0.3) is 0 Å². The van der Waals surface area contributed by atoms with Gasteiger partial charge in [0.25, 0.3) is 0 Å². The van der Waals surface area contributed by atoms with Gasteiger partial charge in [-0.2, -0.15) is 0 Å². The summed E-state index contributed by atoms with van der Waals surface area (Å²) in [6.45, 7) is 4.96. The summed E-state index contributed by atoms with van der Waals surface area (Å²) in [5.74, 6) is 0.304. The van der Waals surface area contributed by atoms with Crippen molar-refractivity contribution < 1.29 is 14.3 Å². The molecular weight excluding hydrogens is 340 g/mol. The second-order valence-corrected chi connectivity index (χ2v) is 6.92. The zero-order valence-corrected chi connectivity index (χ0v) is 16.0. The van der Waals surface area contributed by atoms with Crippen molar-refractivity contribution in [1.82, 2.24) is 10.6 Å². The quantitative estimate of drug-likeness (QED) is 0.709. The standard InChI is InChI=1S/C22H28N2O3/c1-17(2)13-14-23-21(25)20(15-18-9-5-3-6-10-18)24-22(26)27-16-19-11-7-4-8-12-19/h3-12,17,20H,13-16H2,1-2H3,(H,23,25)(H,24,26). The molecule has 144 valence electrons. The minimum atomic E-state index is -0.678. The minimum absolute atomic E-state index is 0.166. The number of carbonyl (C=O) groups is 2. The van der Waals surface area contributed by atoms with Gasteiger partial charge in [0, 0.05) is 13.0 Å². The number of hydrogen-bond donors (Lipinski definition) is 2.